The van der Waals surface area contributed by atoms with E-state index in [9.17, 15) is 18.4 Å². The Kier molecular flexibility index (Phi) is 4.54. The van der Waals surface area contributed by atoms with Gasteiger partial charge in [0.1, 0.15) is 11.6 Å². The number of carbonyl (C=O) groups is 2. The van der Waals surface area contributed by atoms with Crippen molar-refractivity contribution in [1.29, 1.82) is 0 Å². The average Bonchev–Trinajstić information content (AvgIpc) is 2.47. The fourth-order valence-corrected chi connectivity index (χ4v) is 3.45. The number of benzene rings is 1. The molecular weight excluding hydrogens is 318 g/mol. The Labute approximate surface area is 138 Å². The minimum absolute atomic E-state index is 0.0710. The van der Waals surface area contributed by atoms with Crippen LogP contribution in [0, 0.1) is 17.6 Å². The zero-order valence-corrected chi connectivity index (χ0v) is 13.4. The van der Waals surface area contributed by atoms with Crippen molar-refractivity contribution < 1.29 is 23.5 Å². The first-order chi connectivity index (χ1) is 11.4. The summed E-state index contributed by atoms with van der Waals surface area (Å²) in [4.78, 5) is 24.8. The Bertz CT molecular complexity index is 651. The second-order valence-electron chi connectivity index (χ2n) is 6.61. The molecule has 5 nitrogen and oxygen atoms in total. The Balaban J connectivity index is 1.81. The van der Waals surface area contributed by atoms with Crippen LogP contribution < -0.4 is 10.2 Å². The topological polar surface area (TPSA) is 69.6 Å². The van der Waals surface area contributed by atoms with Crippen LogP contribution in [0.15, 0.2) is 12.1 Å². The van der Waals surface area contributed by atoms with Gasteiger partial charge in [-0.1, -0.05) is 0 Å². The van der Waals surface area contributed by atoms with Crippen LogP contribution in [-0.2, 0) is 9.59 Å². The summed E-state index contributed by atoms with van der Waals surface area (Å²) < 4.78 is 29.0. The molecule has 130 valence electrons. The normalized spacial score (nSPS) is 26.8. The SMILES string of the molecule is CN(c1cc(F)c(C2CCC(=O)NC2=O)c(F)c1)C1CC(CO)C1. The summed E-state index contributed by atoms with van der Waals surface area (Å²) in [6.45, 7) is 0.126. The van der Waals surface area contributed by atoms with Gasteiger partial charge in [0.15, 0.2) is 0 Å². The van der Waals surface area contributed by atoms with Crippen molar-refractivity contribution in [2.24, 2.45) is 5.92 Å². The number of piperidine rings is 1. The lowest BCUT2D eigenvalue weighted by atomic mass is 9.80. The highest BCUT2D eigenvalue weighted by Gasteiger charge is 2.35. The van der Waals surface area contributed by atoms with Crippen molar-refractivity contribution in [2.75, 3.05) is 18.6 Å². The minimum atomic E-state index is -0.982. The van der Waals surface area contributed by atoms with Crippen LogP contribution in [0.4, 0.5) is 14.5 Å². The number of aliphatic hydroxyl groups excluding tert-OH is 1. The van der Waals surface area contributed by atoms with Gasteiger partial charge in [0, 0.05) is 37.4 Å². The molecule has 2 N–H and O–H groups in total. The van der Waals surface area contributed by atoms with E-state index in [0.29, 0.717) is 5.69 Å². The molecule has 1 atom stereocenters. The van der Waals surface area contributed by atoms with Crippen molar-refractivity contribution in [3.8, 4) is 0 Å². The molecule has 1 aliphatic heterocycles. The first-order valence-corrected chi connectivity index (χ1v) is 8.07. The highest BCUT2D eigenvalue weighted by Crippen LogP contribution is 2.36. The molecule has 1 aromatic rings. The quantitative estimate of drug-likeness (QED) is 0.820. The molecule has 1 saturated carbocycles. The smallest absolute Gasteiger partial charge is 0.234 e. The fourth-order valence-electron chi connectivity index (χ4n) is 3.45. The first kappa shape index (κ1) is 16.8. The third-order valence-electron chi connectivity index (χ3n) is 5.08. The van der Waals surface area contributed by atoms with E-state index in [4.69, 9.17) is 5.11 Å². The molecule has 0 spiro atoms. The standard InChI is InChI=1S/C17H20F2N2O3/c1-21(10-4-9(5-10)8-22)11-6-13(18)16(14(19)7-11)12-2-3-15(23)20-17(12)24/h6-7,9-10,12,22H,2-5,8H2,1H3,(H,20,23,24). The van der Waals surface area contributed by atoms with E-state index in [-0.39, 0.29) is 37.0 Å². The summed E-state index contributed by atoms with van der Waals surface area (Å²) >= 11 is 0. The first-order valence-electron chi connectivity index (χ1n) is 8.07. The zero-order valence-electron chi connectivity index (χ0n) is 13.4. The van der Waals surface area contributed by atoms with Crippen LogP contribution in [0.25, 0.3) is 0 Å². The van der Waals surface area contributed by atoms with Gasteiger partial charge in [-0.15, -0.1) is 0 Å². The highest BCUT2D eigenvalue weighted by atomic mass is 19.1. The lowest BCUT2D eigenvalue weighted by molar-refractivity contribution is -0.134. The summed E-state index contributed by atoms with van der Waals surface area (Å²) in [7, 11) is 1.76. The predicted molar refractivity (Wildman–Crippen MR) is 83.5 cm³/mol. The highest BCUT2D eigenvalue weighted by molar-refractivity contribution is 6.01. The van der Waals surface area contributed by atoms with E-state index in [0.717, 1.165) is 12.8 Å². The number of nitrogens with one attached hydrogen (secondary N) is 1. The number of aliphatic hydroxyl groups is 1. The molecule has 1 aromatic carbocycles. The number of hydrogen-bond acceptors (Lipinski definition) is 4. The van der Waals surface area contributed by atoms with E-state index in [1.165, 1.54) is 12.1 Å². The van der Waals surface area contributed by atoms with Gasteiger partial charge in [0.25, 0.3) is 0 Å². The number of halogens is 2. The van der Waals surface area contributed by atoms with E-state index in [1.807, 2.05) is 0 Å². The van der Waals surface area contributed by atoms with Gasteiger partial charge in [-0.25, -0.2) is 8.78 Å². The fraction of sp³-hybridized carbons (Fsp3) is 0.529. The van der Waals surface area contributed by atoms with Gasteiger partial charge in [-0.3, -0.25) is 14.9 Å². The summed E-state index contributed by atoms with van der Waals surface area (Å²) in [6, 6.07) is 2.60. The Morgan fingerprint density at radius 2 is 1.88 bits per heavy atom. The summed E-state index contributed by atoms with van der Waals surface area (Å²) in [5.74, 6) is -3.36. The third kappa shape index (κ3) is 3.00. The molecule has 3 rings (SSSR count). The minimum Gasteiger partial charge on any atom is -0.396 e. The van der Waals surface area contributed by atoms with Crippen molar-refractivity contribution in [2.45, 2.75) is 37.6 Å². The van der Waals surface area contributed by atoms with Crippen LogP contribution in [0.5, 0.6) is 0 Å². The maximum Gasteiger partial charge on any atom is 0.234 e. The molecular formula is C17H20F2N2O3. The second kappa shape index (κ2) is 6.47. The molecule has 0 radical (unpaired) electrons. The van der Waals surface area contributed by atoms with Crippen LogP contribution in [0.2, 0.25) is 0 Å². The Hall–Kier alpha value is -2.02. The lowest BCUT2D eigenvalue weighted by Crippen LogP contribution is -2.44. The van der Waals surface area contributed by atoms with Crippen molar-refractivity contribution >= 4 is 17.5 Å². The van der Waals surface area contributed by atoms with Gasteiger partial charge in [0.2, 0.25) is 11.8 Å². The number of carbonyl (C=O) groups excluding carboxylic acids is 2. The largest absolute Gasteiger partial charge is 0.396 e. The Morgan fingerprint density at radius 1 is 1.25 bits per heavy atom. The van der Waals surface area contributed by atoms with Gasteiger partial charge < -0.3 is 10.0 Å². The number of imide groups is 1. The van der Waals surface area contributed by atoms with Crippen LogP contribution >= 0.6 is 0 Å². The molecule has 1 unspecified atom stereocenters. The van der Waals surface area contributed by atoms with Gasteiger partial charge in [0.05, 0.1) is 5.92 Å². The van der Waals surface area contributed by atoms with E-state index >= 15 is 0 Å². The predicted octanol–water partition coefficient (Wildman–Crippen LogP) is 1.69. The van der Waals surface area contributed by atoms with E-state index in [1.54, 1.807) is 11.9 Å². The summed E-state index contributed by atoms with van der Waals surface area (Å²) in [5, 5.41) is 11.2. The number of hydrogen-bond donors (Lipinski definition) is 2. The van der Waals surface area contributed by atoms with E-state index < -0.39 is 29.4 Å². The molecule has 2 aliphatic rings. The maximum absolute atomic E-state index is 14.5. The molecule has 2 amide bonds. The van der Waals surface area contributed by atoms with Crippen LogP contribution in [0.1, 0.15) is 37.2 Å². The molecule has 2 fully saturated rings. The van der Waals surface area contributed by atoms with Crippen molar-refractivity contribution in [3.05, 3.63) is 29.3 Å². The summed E-state index contributed by atoms with van der Waals surface area (Å²) in [6.07, 6.45) is 1.74. The zero-order chi connectivity index (χ0) is 17.4. The van der Waals surface area contributed by atoms with E-state index in [2.05, 4.69) is 5.32 Å². The Morgan fingerprint density at radius 3 is 2.42 bits per heavy atom. The number of rotatable bonds is 4. The second-order valence-corrected chi connectivity index (χ2v) is 6.61. The van der Waals surface area contributed by atoms with Gasteiger partial charge in [-0.2, -0.15) is 0 Å². The molecule has 0 aromatic heterocycles. The molecule has 1 heterocycles. The van der Waals surface area contributed by atoms with Gasteiger partial charge >= 0.3 is 0 Å². The van der Waals surface area contributed by atoms with Crippen molar-refractivity contribution in [1.82, 2.24) is 5.32 Å². The molecule has 1 saturated heterocycles. The summed E-state index contributed by atoms with van der Waals surface area (Å²) in [5.41, 5.74) is 0.126. The molecule has 1 aliphatic carbocycles. The number of amides is 2. The molecule has 7 heteroatoms. The monoisotopic (exact) mass is 338 g/mol. The number of nitrogens with zero attached hydrogens (tertiary/aromatic N) is 1. The van der Waals surface area contributed by atoms with Gasteiger partial charge in [-0.05, 0) is 37.3 Å². The number of anilines is 1. The molecule has 24 heavy (non-hydrogen) atoms. The van der Waals surface area contributed by atoms with Crippen LogP contribution in [-0.4, -0.2) is 36.6 Å². The average molecular weight is 338 g/mol. The maximum atomic E-state index is 14.5. The van der Waals surface area contributed by atoms with Crippen LogP contribution in [0.3, 0.4) is 0 Å². The molecule has 0 bridgehead atoms. The van der Waals surface area contributed by atoms with Crippen molar-refractivity contribution in [3.63, 3.8) is 0 Å². The lowest BCUT2D eigenvalue weighted by Gasteiger charge is -2.41. The third-order valence-corrected chi connectivity index (χ3v) is 5.08.